The Kier molecular flexibility index (Phi) is 10.6. The van der Waals surface area contributed by atoms with Gasteiger partial charge in [0.25, 0.3) is 11.8 Å². The monoisotopic (exact) mass is 690 g/mol. The van der Waals surface area contributed by atoms with Gasteiger partial charge >= 0.3 is 23.7 Å². The second-order valence-electron chi connectivity index (χ2n) is 9.74. The van der Waals surface area contributed by atoms with Crippen molar-refractivity contribution in [1.29, 1.82) is 0 Å². The first-order valence-corrected chi connectivity index (χ1v) is 15.7. The maximum absolute atomic E-state index is 13.3. The molecule has 2 aromatic carbocycles. The van der Waals surface area contributed by atoms with E-state index in [-0.39, 0.29) is 59.6 Å². The molecule has 0 atom stereocenters. The van der Waals surface area contributed by atoms with Crippen molar-refractivity contribution in [1.82, 2.24) is 10.6 Å². The van der Waals surface area contributed by atoms with Crippen LogP contribution in [0.3, 0.4) is 0 Å². The Labute approximate surface area is 264 Å². The summed E-state index contributed by atoms with van der Waals surface area (Å²) in [5.74, 6) is -0.610. The molecule has 2 aromatic rings. The number of halogens is 6. The summed E-state index contributed by atoms with van der Waals surface area (Å²) in [5, 5.41) is 42.2. The predicted octanol–water partition coefficient (Wildman–Crippen LogP) is 5.11. The first-order chi connectivity index (χ1) is 21.8. The molecule has 0 spiro atoms. The average molecular weight is 691 g/mol. The lowest BCUT2D eigenvalue weighted by Crippen LogP contribution is -2.34. The van der Waals surface area contributed by atoms with E-state index in [4.69, 9.17) is 0 Å². The van der Waals surface area contributed by atoms with Crippen LogP contribution in [0.25, 0.3) is 0 Å². The molecule has 0 unspecified atom stereocenters. The molecular formula is C26H24F6N8O4S2. The summed E-state index contributed by atoms with van der Waals surface area (Å²) in [5.41, 5.74) is -5.70. The standard InChI is InChI=1S/C26H24F6N8O4S2/c27-25(28,29)23(37-38-23)17-5-1-3-15(11-17)13-19(35-43)21(41)33-7-9-45-46-10-8-34-22(42)20(36-44)14-16-4-2-6-18(12-16)24(39-40-24)26(30,31)32/h1-6,11-12,43-44H,7-10,13-14H2,(H,33,41)(H,34,42)/b35-19+,36-20+. The molecule has 0 radical (unpaired) electrons. The number of hydrogen-bond acceptors (Lipinski definition) is 12. The van der Waals surface area contributed by atoms with Gasteiger partial charge < -0.3 is 21.0 Å². The molecule has 2 aliphatic rings. The first kappa shape index (κ1) is 34.7. The quantitative estimate of drug-likeness (QED) is 0.0505. The normalized spacial score (nSPS) is 16.7. The Morgan fingerprint density at radius 1 is 0.696 bits per heavy atom. The Morgan fingerprint density at radius 3 is 1.37 bits per heavy atom. The number of rotatable bonds is 15. The van der Waals surface area contributed by atoms with Crippen molar-refractivity contribution in [3.63, 3.8) is 0 Å². The molecule has 12 nitrogen and oxygen atoms in total. The lowest BCUT2D eigenvalue weighted by atomic mass is 9.98. The van der Waals surface area contributed by atoms with E-state index in [1.807, 2.05) is 0 Å². The van der Waals surface area contributed by atoms with E-state index in [2.05, 4.69) is 41.4 Å². The number of alkyl halides is 6. The van der Waals surface area contributed by atoms with Crippen LogP contribution in [-0.4, -0.2) is 70.6 Å². The third-order valence-corrected chi connectivity index (χ3v) is 8.99. The smallest absolute Gasteiger partial charge is 0.410 e. The van der Waals surface area contributed by atoms with E-state index in [1.165, 1.54) is 70.1 Å². The zero-order valence-corrected chi connectivity index (χ0v) is 25.0. The third-order valence-electron chi connectivity index (χ3n) is 6.58. The summed E-state index contributed by atoms with van der Waals surface area (Å²) in [6, 6.07) is 10.5. The zero-order valence-electron chi connectivity index (χ0n) is 23.3. The number of oxime groups is 2. The molecule has 20 heteroatoms. The van der Waals surface area contributed by atoms with E-state index in [0.717, 1.165) is 0 Å². The van der Waals surface area contributed by atoms with Gasteiger partial charge in [-0.25, -0.2) is 0 Å². The molecule has 0 aromatic heterocycles. The topological polar surface area (TPSA) is 173 Å². The number of carbonyl (C=O) groups is 2. The van der Waals surface area contributed by atoms with Crippen molar-refractivity contribution in [3.05, 3.63) is 70.8 Å². The highest BCUT2D eigenvalue weighted by atomic mass is 33.1. The first-order valence-electron chi connectivity index (χ1n) is 13.2. The van der Waals surface area contributed by atoms with E-state index in [0.29, 0.717) is 11.5 Å². The summed E-state index contributed by atoms with van der Waals surface area (Å²) in [4.78, 5) is 24.8. The number of amides is 2. The SMILES string of the molecule is O=C(NCCSSCCNC(=O)/C(Cc1cccc(C2(C(F)(F)F)N=N2)c1)=N/O)/C(Cc1cccc(C2(C(F)(F)F)N=N2)c1)=N/O. The highest BCUT2D eigenvalue weighted by Gasteiger charge is 2.66. The minimum Gasteiger partial charge on any atom is -0.410 e. The van der Waals surface area contributed by atoms with Crippen LogP contribution in [0.15, 0.2) is 79.3 Å². The minimum absolute atomic E-state index is 0.160. The molecule has 0 saturated carbocycles. The van der Waals surface area contributed by atoms with Crippen LogP contribution in [0, 0.1) is 0 Å². The predicted molar refractivity (Wildman–Crippen MR) is 155 cm³/mol. The number of nitrogens with zero attached hydrogens (tertiary/aromatic N) is 6. The fraction of sp³-hybridized carbons (Fsp3) is 0.385. The van der Waals surface area contributed by atoms with E-state index in [1.54, 1.807) is 0 Å². The van der Waals surface area contributed by atoms with Gasteiger partial charge in [-0.1, -0.05) is 80.4 Å². The number of hydrogen-bond donors (Lipinski definition) is 4. The third kappa shape index (κ3) is 7.95. The maximum atomic E-state index is 13.3. The van der Waals surface area contributed by atoms with Gasteiger partial charge in [-0.15, -0.1) is 20.5 Å². The van der Waals surface area contributed by atoms with E-state index in [9.17, 15) is 46.3 Å². The van der Waals surface area contributed by atoms with E-state index >= 15 is 0 Å². The molecule has 4 rings (SSSR count). The van der Waals surface area contributed by atoms with Gasteiger partial charge in [0.2, 0.25) is 0 Å². The Bertz CT molecular complexity index is 1450. The molecule has 2 aliphatic heterocycles. The van der Waals surface area contributed by atoms with Crippen molar-refractivity contribution in [2.24, 2.45) is 30.8 Å². The summed E-state index contributed by atoms with van der Waals surface area (Å²) in [6.07, 6.45) is -9.89. The fourth-order valence-electron chi connectivity index (χ4n) is 4.12. The van der Waals surface area contributed by atoms with Crippen LogP contribution in [-0.2, 0) is 33.8 Å². The lowest BCUT2D eigenvalue weighted by molar-refractivity contribution is -0.166. The summed E-state index contributed by atoms with van der Waals surface area (Å²) >= 11 is 0. The largest absolute Gasteiger partial charge is 0.442 e. The van der Waals surface area contributed by atoms with Crippen LogP contribution in [0.2, 0.25) is 0 Å². The molecule has 46 heavy (non-hydrogen) atoms. The zero-order chi connectivity index (χ0) is 33.6. The molecule has 246 valence electrons. The fourth-order valence-corrected chi connectivity index (χ4v) is 5.94. The summed E-state index contributed by atoms with van der Waals surface area (Å²) in [7, 11) is 2.69. The van der Waals surface area contributed by atoms with Gasteiger partial charge in [-0.05, 0) is 11.1 Å². The molecule has 0 saturated heterocycles. The van der Waals surface area contributed by atoms with Gasteiger partial charge in [-0.3, -0.25) is 9.59 Å². The highest BCUT2D eigenvalue weighted by Crippen LogP contribution is 2.53. The Morgan fingerprint density at radius 2 is 1.07 bits per heavy atom. The maximum Gasteiger partial charge on any atom is 0.442 e. The van der Waals surface area contributed by atoms with Gasteiger partial charge in [0, 0.05) is 48.6 Å². The van der Waals surface area contributed by atoms with Crippen LogP contribution in [0.1, 0.15) is 22.3 Å². The van der Waals surface area contributed by atoms with Gasteiger partial charge in [0.05, 0.1) is 0 Å². The number of nitrogens with one attached hydrogen (secondary N) is 2. The minimum atomic E-state index is -4.71. The summed E-state index contributed by atoms with van der Waals surface area (Å²) < 4.78 is 79.7. The number of carbonyl (C=O) groups excluding carboxylic acids is 2. The average Bonchev–Trinajstić information content (AvgIpc) is 3.93. The van der Waals surface area contributed by atoms with Crippen LogP contribution in [0.5, 0.6) is 0 Å². The Hall–Kier alpha value is -4.20. The van der Waals surface area contributed by atoms with Crippen molar-refractivity contribution in [2.75, 3.05) is 24.6 Å². The molecule has 0 bridgehead atoms. The van der Waals surface area contributed by atoms with Crippen molar-refractivity contribution >= 4 is 44.8 Å². The molecule has 2 amide bonds. The Balaban J connectivity index is 1.13. The molecule has 0 aliphatic carbocycles. The number of benzene rings is 2. The van der Waals surface area contributed by atoms with Crippen LogP contribution < -0.4 is 10.6 Å². The molecule has 0 fully saturated rings. The second kappa shape index (κ2) is 14.1. The van der Waals surface area contributed by atoms with Gasteiger partial charge in [0.15, 0.2) is 0 Å². The van der Waals surface area contributed by atoms with Crippen molar-refractivity contribution in [2.45, 2.75) is 36.5 Å². The molecule has 2 heterocycles. The van der Waals surface area contributed by atoms with Crippen molar-refractivity contribution < 1.29 is 46.3 Å². The highest BCUT2D eigenvalue weighted by molar-refractivity contribution is 8.76. The lowest BCUT2D eigenvalue weighted by Gasteiger charge is -2.15. The van der Waals surface area contributed by atoms with Gasteiger partial charge in [0.1, 0.15) is 11.4 Å². The second-order valence-corrected chi connectivity index (χ2v) is 12.4. The van der Waals surface area contributed by atoms with Crippen molar-refractivity contribution in [3.8, 4) is 0 Å². The molecule has 4 N–H and O–H groups in total. The molecular weight excluding hydrogens is 666 g/mol. The van der Waals surface area contributed by atoms with E-state index < -0.39 is 35.5 Å². The van der Waals surface area contributed by atoms with Gasteiger partial charge in [-0.2, -0.15) is 26.3 Å². The van der Waals surface area contributed by atoms with Crippen LogP contribution in [0.4, 0.5) is 26.3 Å². The summed E-state index contributed by atoms with van der Waals surface area (Å²) in [6.45, 7) is 0.320. The van der Waals surface area contributed by atoms with Crippen LogP contribution >= 0.6 is 21.6 Å².